The van der Waals surface area contributed by atoms with E-state index >= 15 is 0 Å². The van der Waals surface area contributed by atoms with Crippen molar-refractivity contribution in [2.45, 2.75) is 38.0 Å². The van der Waals surface area contributed by atoms with Crippen LogP contribution in [0, 0.1) is 0 Å². The predicted octanol–water partition coefficient (Wildman–Crippen LogP) is 2.53. The Morgan fingerprint density at radius 1 is 1.48 bits per heavy atom. The van der Waals surface area contributed by atoms with Crippen LogP contribution in [-0.2, 0) is 4.79 Å². The van der Waals surface area contributed by atoms with Gasteiger partial charge in [0.05, 0.1) is 11.3 Å². The van der Waals surface area contributed by atoms with Crippen molar-refractivity contribution >= 4 is 17.7 Å². The van der Waals surface area contributed by atoms with Gasteiger partial charge in [0.1, 0.15) is 0 Å². The first-order valence-electron chi connectivity index (χ1n) is 6.85. The average molecular weight is 306 g/mol. The van der Waals surface area contributed by atoms with E-state index in [0.29, 0.717) is 11.1 Å². The molecule has 21 heavy (non-hydrogen) atoms. The van der Waals surface area contributed by atoms with Gasteiger partial charge in [0.2, 0.25) is 11.8 Å². The quantitative estimate of drug-likeness (QED) is 0.792. The first-order valence-corrected chi connectivity index (χ1v) is 7.83. The second kappa shape index (κ2) is 7.78. The number of carbonyl (C=O) groups excluding carboxylic acids is 1. The molecule has 0 aromatic carbocycles. The zero-order chi connectivity index (χ0) is 15.1. The van der Waals surface area contributed by atoms with Gasteiger partial charge in [0.25, 0.3) is 5.22 Å². The van der Waals surface area contributed by atoms with Gasteiger partial charge in [-0.2, -0.15) is 0 Å². The second-order valence-electron chi connectivity index (χ2n) is 4.66. The molecule has 2 aromatic heterocycles. The highest BCUT2D eigenvalue weighted by atomic mass is 32.2. The lowest BCUT2D eigenvalue weighted by Crippen LogP contribution is -2.33. The number of pyridine rings is 1. The number of amides is 1. The highest BCUT2D eigenvalue weighted by Crippen LogP contribution is 2.22. The molecular formula is C14H18N4O2S. The number of nitrogens with one attached hydrogen (secondary N) is 1. The number of hydrogen-bond donors (Lipinski definition) is 1. The molecule has 0 aliphatic carbocycles. The van der Waals surface area contributed by atoms with Gasteiger partial charge in [-0.3, -0.25) is 9.78 Å². The summed E-state index contributed by atoms with van der Waals surface area (Å²) in [6, 6.07) is 3.83. The number of hydrogen-bond acceptors (Lipinski definition) is 6. The highest BCUT2D eigenvalue weighted by Gasteiger charge is 2.12. The van der Waals surface area contributed by atoms with Crippen LogP contribution in [0.2, 0.25) is 0 Å². The Bertz CT molecular complexity index is 573. The first kappa shape index (κ1) is 15.5. The molecule has 0 saturated heterocycles. The van der Waals surface area contributed by atoms with E-state index in [2.05, 4.69) is 27.4 Å². The molecule has 0 spiro atoms. The zero-order valence-corrected chi connectivity index (χ0v) is 12.9. The second-order valence-corrected chi connectivity index (χ2v) is 5.59. The third kappa shape index (κ3) is 4.86. The summed E-state index contributed by atoms with van der Waals surface area (Å²) in [5, 5.41) is 11.2. The molecule has 6 nitrogen and oxygen atoms in total. The van der Waals surface area contributed by atoms with E-state index in [4.69, 9.17) is 4.42 Å². The molecule has 1 amide bonds. The molecule has 2 rings (SSSR count). The molecule has 0 fully saturated rings. The molecule has 0 bridgehead atoms. The van der Waals surface area contributed by atoms with Crippen LogP contribution in [0.15, 0.2) is 34.2 Å². The van der Waals surface area contributed by atoms with Gasteiger partial charge in [0.15, 0.2) is 0 Å². The maximum atomic E-state index is 11.7. The van der Waals surface area contributed by atoms with Crippen molar-refractivity contribution in [2.24, 2.45) is 0 Å². The molecule has 2 aromatic rings. The Kier molecular flexibility index (Phi) is 5.74. The molecule has 1 N–H and O–H groups in total. The van der Waals surface area contributed by atoms with Crippen molar-refractivity contribution in [3.05, 3.63) is 24.5 Å². The Balaban J connectivity index is 1.84. The third-order valence-corrected chi connectivity index (χ3v) is 3.59. The maximum absolute atomic E-state index is 11.7. The van der Waals surface area contributed by atoms with Gasteiger partial charge in [0, 0.05) is 18.4 Å². The summed E-state index contributed by atoms with van der Waals surface area (Å²) in [4.78, 5) is 15.7. The summed E-state index contributed by atoms with van der Waals surface area (Å²) in [7, 11) is 0. The van der Waals surface area contributed by atoms with Crippen molar-refractivity contribution in [1.29, 1.82) is 0 Å². The van der Waals surface area contributed by atoms with E-state index < -0.39 is 0 Å². The average Bonchev–Trinajstić information content (AvgIpc) is 2.95. The van der Waals surface area contributed by atoms with Crippen LogP contribution in [0.3, 0.4) is 0 Å². The summed E-state index contributed by atoms with van der Waals surface area (Å²) in [6.45, 7) is 4.09. The molecule has 0 aliphatic heterocycles. The normalized spacial score (nSPS) is 12.1. The molecule has 0 aliphatic rings. The molecule has 112 valence electrons. The number of nitrogens with zero attached hydrogens (tertiary/aromatic N) is 3. The summed E-state index contributed by atoms with van der Waals surface area (Å²) < 4.78 is 5.49. The minimum atomic E-state index is -0.0259. The third-order valence-electron chi connectivity index (χ3n) is 2.77. The Labute approximate surface area is 127 Å². The standard InChI is InChI=1S/C14H18N4O2S/c1-3-5-10(2)16-12(19)9-21-14-18-17-13(20-14)11-6-4-7-15-8-11/h4,6-8,10H,3,5,9H2,1-2H3,(H,16,19)/t10-/m1/s1. The Morgan fingerprint density at radius 3 is 3.05 bits per heavy atom. The summed E-state index contributed by atoms with van der Waals surface area (Å²) in [6.07, 6.45) is 5.35. The van der Waals surface area contributed by atoms with E-state index in [1.807, 2.05) is 13.0 Å². The fourth-order valence-corrected chi connectivity index (χ4v) is 2.40. The van der Waals surface area contributed by atoms with E-state index in [1.54, 1.807) is 18.5 Å². The van der Waals surface area contributed by atoms with Gasteiger partial charge in [-0.1, -0.05) is 25.1 Å². The van der Waals surface area contributed by atoms with Crippen LogP contribution in [0.1, 0.15) is 26.7 Å². The van der Waals surface area contributed by atoms with Gasteiger partial charge in [-0.15, -0.1) is 10.2 Å². The SMILES string of the molecule is CCC[C@@H](C)NC(=O)CSc1nnc(-c2cccnc2)o1. The lowest BCUT2D eigenvalue weighted by Gasteiger charge is -2.11. The smallest absolute Gasteiger partial charge is 0.277 e. The minimum absolute atomic E-state index is 0.0259. The Morgan fingerprint density at radius 2 is 2.33 bits per heavy atom. The topological polar surface area (TPSA) is 80.9 Å². The van der Waals surface area contributed by atoms with Crippen LogP contribution in [-0.4, -0.2) is 32.9 Å². The van der Waals surface area contributed by atoms with Crippen LogP contribution in [0.5, 0.6) is 0 Å². The van der Waals surface area contributed by atoms with E-state index in [0.717, 1.165) is 18.4 Å². The van der Waals surface area contributed by atoms with Gasteiger partial charge in [-0.05, 0) is 25.5 Å². The Hall–Kier alpha value is -1.89. The molecular weight excluding hydrogens is 288 g/mol. The van der Waals surface area contributed by atoms with Crippen LogP contribution in [0.4, 0.5) is 0 Å². The van der Waals surface area contributed by atoms with Gasteiger partial charge >= 0.3 is 0 Å². The summed E-state index contributed by atoms with van der Waals surface area (Å²) in [5.74, 6) is 0.648. The molecule has 7 heteroatoms. The predicted molar refractivity (Wildman–Crippen MR) is 80.8 cm³/mol. The largest absolute Gasteiger partial charge is 0.411 e. The maximum Gasteiger partial charge on any atom is 0.277 e. The van der Waals surface area contributed by atoms with Crippen LogP contribution >= 0.6 is 11.8 Å². The monoisotopic (exact) mass is 306 g/mol. The van der Waals surface area contributed by atoms with E-state index in [1.165, 1.54) is 11.8 Å². The highest BCUT2D eigenvalue weighted by molar-refractivity contribution is 7.99. The molecule has 0 radical (unpaired) electrons. The number of thioether (sulfide) groups is 1. The number of aromatic nitrogens is 3. The molecule has 0 saturated carbocycles. The number of rotatable bonds is 7. The fourth-order valence-electron chi connectivity index (χ4n) is 1.82. The van der Waals surface area contributed by atoms with E-state index in [-0.39, 0.29) is 17.7 Å². The fraction of sp³-hybridized carbons (Fsp3) is 0.429. The van der Waals surface area contributed by atoms with Gasteiger partial charge < -0.3 is 9.73 Å². The van der Waals surface area contributed by atoms with Crippen molar-refractivity contribution < 1.29 is 9.21 Å². The van der Waals surface area contributed by atoms with E-state index in [9.17, 15) is 4.79 Å². The lowest BCUT2D eigenvalue weighted by molar-refractivity contribution is -0.119. The van der Waals surface area contributed by atoms with Crippen molar-refractivity contribution in [1.82, 2.24) is 20.5 Å². The minimum Gasteiger partial charge on any atom is -0.411 e. The van der Waals surface area contributed by atoms with Crippen LogP contribution in [0.25, 0.3) is 11.5 Å². The first-order chi connectivity index (χ1) is 10.2. The summed E-state index contributed by atoms with van der Waals surface area (Å²) >= 11 is 1.23. The lowest BCUT2D eigenvalue weighted by atomic mass is 10.2. The van der Waals surface area contributed by atoms with Crippen molar-refractivity contribution in [2.75, 3.05) is 5.75 Å². The zero-order valence-electron chi connectivity index (χ0n) is 12.1. The van der Waals surface area contributed by atoms with Crippen LogP contribution < -0.4 is 5.32 Å². The van der Waals surface area contributed by atoms with Crippen molar-refractivity contribution in [3.63, 3.8) is 0 Å². The molecule has 0 unspecified atom stereocenters. The summed E-state index contributed by atoms with van der Waals surface area (Å²) in [5.41, 5.74) is 0.762. The molecule has 1 atom stereocenters. The molecule has 2 heterocycles. The van der Waals surface area contributed by atoms with Crippen molar-refractivity contribution in [3.8, 4) is 11.5 Å². The van der Waals surface area contributed by atoms with Gasteiger partial charge in [-0.25, -0.2) is 0 Å². The number of carbonyl (C=O) groups is 1.